The molecule has 0 unspecified atom stereocenters. The summed E-state index contributed by atoms with van der Waals surface area (Å²) in [7, 11) is 4.79. The summed E-state index contributed by atoms with van der Waals surface area (Å²) >= 11 is 0. The molecule has 2 aromatic heterocycles. The molecule has 0 spiro atoms. The van der Waals surface area contributed by atoms with Crippen LogP contribution in [0.3, 0.4) is 0 Å². The van der Waals surface area contributed by atoms with Crippen molar-refractivity contribution in [3.05, 3.63) is 71.9 Å². The van der Waals surface area contributed by atoms with Crippen molar-refractivity contribution in [3.63, 3.8) is 0 Å². The monoisotopic (exact) mass is 516 g/mol. The van der Waals surface area contributed by atoms with Gasteiger partial charge in [0.25, 0.3) is 0 Å². The molecule has 1 N–H and O–H groups in total. The number of fused-ring (bicyclic) bond motifs is 1. The fourth-order valence-electron chi connectivity index (χ4n) is 4.81. The Morgan fingerprint density at radius 2 is 1.66 bits per heavy atom. The number of nitrogens with one attached hydrogen (secondary N) is 1. The fraction of sp³-hybridized carbons (Fsp3) is 0.345. The van der Waals surface area contributed by atoms with E-state index < -0.39 is 5.97 Å². The van der Waals surface area contributed by atoms with E-state index >= 15 is 0 Å². The number of anilines is 1. The van der Waals surface area contributed by atoms with Crippen molar-refractivity contribution in [2.24, 2.45) is 0 Å². The maximum absolute atomic E-state index is 11.8. The number of ether oxygens (including phenoxy) is 4. The van der Waals surface area contributed by atoms with E-state index in [-0.39, 0.29) is 6.04 Å². The summed E-state index contributed by atoms with van der Waals surface area (Å²) in [5.74, 6) is 2.38. The van der Waals surface area contributed by atoms with Crippen molar-refractivity contribution in [1.29, 1.82) is 0 Å². The van der Waals surface area contributed by atoms with Gasteiger partial charge in [0.15, 0.2) is 11.5 Å². The lowest BCUT2D eigenvalue weighted by Crippen LogP contribution is -2.29. The quantitative estimate of drug-likeness (QED) is 0.294. The van der Waals surface area contributed by atoms with E-state index in [0.717, 1.165) is 53.8 Å². The molecule has 0 atom stereocenters. The van der Waals surface area contributed by atoms with Crippen LogP contribution in [0.15, 0.2) is 60.8 Å². The van der Waals surface area contributed by atoms with Crippen LogP contribution in [0, 0.1) is 0 Å². The van der Waals surface area contributed by atoms with Crippen LogP contribution >= 0.6 is 0 Å². The van der Waals surface area contributed by atoms with Gasteiger partial charge in [-0.2, -0.15) is 5.10 Å². The van der Waals surface area contributed by atoms with Gasteiger partial charge in [-0.05, 0) is 67.6 Å². The molecule has 9 heteroatoms. The first-order valence-corrected chi connectivity index (χ1v) is 12.7. The highest BCUT2D eigenvalue weighted by molar-refractivity contribution is 5.94. The fourth-order valence-corrected chi connectivity index (χ4v) is 4.81. The summed E-state index contributed by atoms with van der Waals surface area (Å²) < 4.78 is 23.8. The van der Waals surface area contributed by atoms with Crippen molar-refractivity contribution in [3.8, 4) is 17.2 Å². The van der Waals surface area contributed by atoms with Gasteiger partial charge in [-0.15, -0.1) is 0 Å². The van der Waals surface area contributed by atoms with Crippen LogP contribution < -0.4 is 14.8 Å². The average molecular weight is 517 g/mol. The first kappa shape index (κ1) is 25.5. The van der Waals surface area contributed by atoms with Crippen LogP contribution in [0.2, 0.25) is 0 Å². The van der Waals surface area contributed by atoms with Gasteiger partial charge in [-0.25, -0.2) is 14.5 Å². The lowest BCUT2D eigenvalue weighted by molar-refractivity contribution is 0.0600. The molecule has 0 bridgehead atoms. The van der Waals surface area contributed by atoms with E-state index in [4.69, 9.17) is 24.0 Å². The maximum Gasteiger partial charge on any atom is 0.337 e. The second-order valence-electron chi connectivity index (χ2n) is 9.33. The number of aromatic nitrogens is 3. The van der Waals surface area contributed by atoms with E-state index in [1.807, 2.05) is 35.0 Å². The molecule has 5 rings (SSSR count). The molecule has 2 heterocycles. The highest BCUT2D eigenvalue weighted by Gasteiger charge is 2.24. The van der Waals surface area contributed by atoms with Crippen LogP contribution in [0.25, 0.3) is 11.0 Å². The minimum Gasteiger partial charge on any atom is -0.497 e. The maximum atomic E-state index is 11.8. The second kappa shape index (κ2) is 11.5. The number of hydrogen-bond acceptors (Lipinski definition) is 8. The van der Waals surface area contributed by atoms with E-state index in [1.165, 1.54) is 7.11 Å². The van der Waals surface area contributed by atoms with Gasteiger partial charge in [0.05, 0.1) is 32.4 Å². The number of rotatable bonds is 9. The number of nitrogens with zero attached hydrogens (tertiary/aromatic N) is 3. The molecule has 2 aromatic carbocycles. The molecule has 0 saturated heterocycles. The molecular formula is C29H32N4O5. The van der Waals surface area contributed by atoms with Crippen LogP contribution in [0.1, 0.15) is 41.6 Å². The Labute approximate surface area is 221 Å². The van der Waals surface area contributed by atoms with Crippen LogP contribution in [0.5, 0.6) is 17.2 Å². The Balaban J connectivity index is 1.48. The SMILES string of the molecule is COC(=O)c1ccc(Oc2ccnc3c2c(NC2CCC(OC)CC2)nn3Cc2ccc(OC)cc2)cc1. The number of esters is 1. The molecule has 1 fully saturated rings. The Morgan fingerprint density at radius 1 is 0.947 bits per heavy atom. The molecule has 0 radical (unpaired) electrons. The Morgan fingerprint density at radius 3 is 2.32 bits per heavy atom. The smallest absolute Gasteiger partial charge is 0.337 e. The van der Waals surface area contributed by atoms with Crippen molar-refractivity contribution in [2.75, 3.05) is 26.6 Å². The second-order valence-corrected chi connectivity index (χ2v) is 9.33. The third-order valence-electron chi connectivity index (χ3n) is 6.94. The van der Waals surface area contributed by atoms with E-state index in [9.17, 15) is 4.79 Å². The third-order valence-corrected chi connectivity index (χ3v) is 6.94. The van der Waals surface area contributed by atoms with Crippen molar-refractivity contribution in [2.45, 2.75) is 44.4 Å². The Kier molecular flexibility index (Phi) is 7.74. The van der Waals surface area contributed by atoms with Gasteiger partial charge in [0.1, 0.15) is 22.6 Å². The van der Waals surface area contributed by atoms with Crippen molar-refractivity contribution < 1.29 is 23.7 Å². The highest BCUT2D eigenvalue weighted by atomic mass is 16.5. The number of methoxy groups -OCH3 is 3. The predicted octanol–water partition coefficient (Wildman–Crippen LogP) is 5.44. The Bertz CT molecular complexity index is 1380. The molecular weight excluding hydrogens is 484 g/mol. The first-order valence-electron chi connectivity index (χ1n) is 12.7. The normalized spacial score (nSPS) is 17.2. The van der Waals surface area contributed by atoms with Crippen molar-refractivity contribution in [1.82, 2.24) is 14.8 Å². The molecule has 38 heavy (non-hydrogen) atoms. The van der Waals surface area contributed by atoms with Gasteiger partial charge in [-0.1, -0.05) is 12.1 Å². The number of benzene rings is 2. The summed E-state index contributed by atoms with van der Waals surface area (Å²) in [6, 6.07) is 16.9. The third kappa shape index (κ3) is 5.57. The summed E-state index contributed by atoms with van der Waals surface area (Å²) in [5, 5.41) is 9.42. The Hall–Kier alpha value is -4.11. The van der Waals surface area contributed by atoms with Gasteiger partial charge < -0.3 is 24.3 Å². The zero-order valence-electron chi connectivity index (χ0n) is 21.8. The average Bonchev–Trinajstić information content (AvgIpc) is 3.31. The van der Waals surface area contributed by atoms with Crippen LogP contribution in [-0.2, 0) is 16.0 Å². The molecule has 9 nitrogen and oxygen atoms in total. The lowest BCUT2D eigenvalue weighted by Gasteiger charge is -2.28. The number of pyridine rings is 1. The molecule has 1 saturated carbocycles. The van der Waals surface area contributed by atoms with Crippen LogP contribution in [0.4, 0.5) is 5.82 Å². The zero-order chi connectivity index (χ0) is 26.5. The molecule has 0 aliphatic heterocycles. The number of hydrogen-bond donors (Lipinski definition) is 1. The van der Waals surface area contributed by atoms with E-state index in [1.54, 1.807) is 44.7 Å². The molecule has 1 aliphatic carbocycles. The molecule has 4 aromatic rings. The van der Waals surface area contributed by atoms with Crippen molar-refractivity contribution >= 4 is 22.8 Å². The van der Waals surface area contributed by atoms with Gasteiger partial charge in [-0.3, -0.25) is 0 Å². The van der Waals surface area contributed by atoms with Gasteiger partial charge in [0.2, 0.25) is 0 Å². The van der Waals surface area contributed by atoms with Gasteiger partial charge in [0, 0.05) is 25.4 Å². The number of carbonyl (C=O) groups is 1. The highest BCUT2D eigenvalue weighted by Crippen LogP contribution is 2.36. The largest absolute Gasteiger partial charge is 0.497 e. The molecule has 198 valence electrons. The summed E-state index contributed by atoms with van der Waals surface area (Å²) in [6.07, 6.45) is 6.04. The topological polar surface area (TPSA) is 96.7 Å². The first-order chi connectivity index (χ1) is 18.6. The summed E-state index contributed by atoms with van der Waals surface area (Å²) in [5.41, 5.74) is 2.26. The van der Waals surface area contributed by atoms with Crippen LogP contribution in [-0.4, -0.2) is 54.2 Å². The molecule has 1 aliphatic rings. The minimum absolute atomic E-state index is 0.279. The van der Waals surface area contributed by atoms with E-state index in [2.05, 4.69) is 10.3 Å². The van der Waals surface area contributed by atoms with E-state index in [0.29, 0.717) is 29.7 Å². The standard InChI is InChI=1S/C29H32N4O5/c1-35-22-10-4-19(5-11-22)18-33-28-26(27(32-33)31-21-8-14-23(36-2)15-9-21)25(16-17-30-28)38-24-12-6-20(7-13-24)29(34)37-3/h4-7,10-13,16-17,21,23H,8-9,14-15,18H2,1-3H3,(H,31,32). The summed E-state index contributed by atoms with van der Waals surface area (Å²) in [6.45, 7) is 0.545. The zero-order valence-corrected chi connectivity index (χ0v) is 21.8. The minimum atomic E-state index is -0.391. The summed E-state index contributed by atoms with van der Waals surface area (Å²) in [4.78, 5) is 16.5. The predicted molar refractivity (Wildman–Crippen MR) is 144 cm³/mol. The van der Waals surface area contributed by atoms with Gasteiger partial charge >= 0.3 is 5.97 Å². The lowest BCUT2D eigenvalue weighted by atomic mass is 9.93. The molecule has 0 amide bonds. The number of carbonyl (C=O) groups excluding carboxylic acids is 1.